The highest BCUT2D eigenvalue weighted by atomic mass is 19.1. The number of para-hydroxylation sites is 1. The van der Waals surface area contributed by atoms with Crippen LogP contribution >= 0.6 is 0 Å². The first-order valence-electron chi connectivity index (χ1n) is 8.61. The number of hydrogen-bond donors (Lipinski definition) is 0. The molecule has 1 saturated carbocycles. The summed E-state index contributed by atoms with van der Waals surface area (Å²) in [5.74, 6) is 0.402. The Hall–Kier alpha value is -2.34. The number of rotatable bonds is 4. The zero-order valence-corrected chi connectivity index (χ0v) is 13.8. The summed E-state index contributed by atoms with van der Waals surface area (Å²) in [6.45, 7) is 1.22. The van der Waals surface area contributed by atoms with Gasteiger partial charge in [-0.25, -0.2) is 4.39 Å². The number of amides is 1. The van der Waals surface area contributed by atoms with E-state index in [0.29, 0.717) is 24.7 Å². The van der Waals surface area contributed by atoms with E-state index in [0.717, 1.165) is 19.3 Å². The molecule has 1 aromatic heterocycles. The number of carbonyl (C=O) groups is 1. The molecule has 1 aliphatic carbocycles. The number of halogens is 1. The highest BCUT2D eigenvalue weighted by Crippen LogP contribution is 2.31. The van der Waals surface area contributed by atoms with Crippen molar-refractivity contribution in [2.75, 3.05) is 13.2 Å². The van der Waals surface area contributed by atoms with Crippen LogP contribution in [0.4, 0.5) is 4.39 Å². The molecule has 0 N–H and O–H groups in total. The minimum Gasteiger partial charge on any atom is -0.483 e. The lowest BCUT2D eigenvalue weighted by Gasteiger charge is -2.37. The van der Waals surface area contributed by atoms with Crippen LogP contribution in [0.15, 0.2) is 40.8 Å². The van der Waals surface area contributed by atoms with Gasteiger partial charge in [0.15, 0.2) is 17.3 Å². The van der Waals surface area contributed by atoms with E-state index in [2.05, 4.69) is 0 Å². The standard InChI is InChI=1S/C19H20FNO4/c20-14-4-1-2-6-16(14)24-12-13-8-9-18(25-13)19(22)21-10-11-23-17-7-3-5-15(17)21/h1-2,4,6,8-9,15,17H,3,5,7,10-12H2/t15-,17-/m0/s1. The molecule has 5 nitrogen and oxygen atoms in total. The second-order valence-electron chi connectivity index (χ2n) is 6.39. The van der Waals surface area contributed by atoms with Gasteiger partial charge in [0.05, 0.1) is 18.8 Å². The molecular weight excluding hydrogens is 325 g/mol. The van der Waals surface area contributed by atoms with Gasteiger partial charge in [0, 0.05) is 6.54 Å². The molecule has 0 radical (unpaired) electrons. The maximum absolute atomic E-state index is 13.6. The van der Waals surface area contributed by atoms with Gasteiger partial charge >= 0.3 is 0 Å². The van der Waals surface area contributed by atoms with Crippen molar-refractivity contribution in [2.45, 2.75) is 38.0 Å². The molecule has 2 heterocycles. The Balaban J connectivity index is 1.42. The van der Waals surface area contributed by atoms with Crippen molar-refractivity contribution in [2.24, 2.45) is 0 Å². The molecule has 1 aliphatic heterocycles. The highest BCUT2D eigenvalue weighted by molar-refractivity contribution is 5.92. The van der Waals surface area contributed by atoms with Gasteiger partial charge in [-0.1, -0.05) is 12.1 Å². The van der Waals surface area contributed by atoms with Gasteiger partial charge < -0.3 is 18.8 Å². The van der Waals surface area contributed by atoms with Crippen molar-refractivity contribution >= 4 is 5.91 Å². The zero-order valence-electron chi connectivity index (χ0n) is 13.8. The number of morpholine rings is 1. The van der Waals surface area contributed by atoms with Crippen LogP contribution in [0.1, 0.15) is 35.6 Å². The summed E-state index contributed by atoms with van der Waals surface area (Å²) < 4.78 is 30.4. The topological polar surface area (TPSA) is 51.9 Å². The first-order chi connectivity index (χ1) is 12.2. The number of carbonyl (C=O) groups excluding carboxylic acids is 1. The molecule has 2 atom stereocenters. The lowest BCUT2D eigenvalue weighted by molar-refractivity contribution is -0.0454. The highest BCUT2D eigenvalue weighted by Gasteiger charge is 2.39. The van der Waals surface area contributed by atoms with E-state index in [1.54, 1.807) is 30.3 Å². The molecule has 1 saturated heterocycles. The van der Waals surface area contributed by atoms with Gasteiger partial charge in [-0.3, -0.25) is 4.79 Å². The molecule has 2 fully saturated rings. The van der Waals surface area contributed by atoms with E-state index in [4.69, 9.17) is 13.9 Å². The Labute approximate surface area is 145 Å². The predicted octanol–water partition coefficient (Wildman–Crippen LogP) is 3.39. The van der Waals surface area contributed by atoms with Gasteiger partial charge in [0.25, 0.3) is 5.91 Å². The molecule has 132 valence electrons. The third-order valence-electron chi connectivity index (χ3n) is 4.82. The number of ether oxygens (including phenoxy) is 2. The van der Waals surface area contributed by atoms with Gasteiger partial charge in [-0.15, -0.1) is 0 Å². The monoisotopic (exact) mass is 345 g/mol. The van der Waals surface area contributed by atoms with E-state index in [1.165, 1.54) is 6.07 Å². The van der Waals surface area contributed by atoms with Crippen molar-refractivity contribution in [3.05, 3.63) is 53.7 Å². The Morgan fingerprint density at radius 3 is 3.00 bits per heavy atom. The van der Waals surface area contributed by atoms with Crippen LogP contribution in [0.25, 0.3) is 0 Å². The van der Waals surface area contributed by atoms with Crippen LogP contribution < -0.4 is 4.74 Å². The minimum absolute atomic E-state index is 0.0728. The molecule has 2 aromatic rings. The Bertz CT molecular complexity index is 759. The smallest absolute Gasteiger partial charge is 0.289 e. The largest absolute Gasteiger partial charge is 0.483 e. The van der Waals surface area contributed by atoms with Crippen LogP contribution in [0.3, 0.4) is 0 Å². The van der Waals surface area contributed by atoms with E-state index >= 15 is 0 Å². The fraction of sp³-hybridized carbons (Fsp3) is 0.421. The average Bonchev–Trinajstić information content (AvgIpc) is 3.29. The lowest BCUT2D eigenvalue weighted by atomic mass is 10.1. The van der Waals surface area contributed by atoms with E-state index < -0.39 is 5.82 Å². The van der Waals surface area contributed by atoms with Crippen LogP contribution in [0.5, 0.6) is 5.75 Å². The van der Waals surface area contributed by atoms with Crippen molar-refractivity contribution in [3.8, 4) is 5.75 Å². The predicted molar refractivity (Wildman–Crippen MR) is 87.9 cm³/mol. The Morgan fingerprint density at radius 1 is 1.24 bits per heavy atom. The molecule has 0 unspecified atom stereocenters. The SMILES string of the molecule is O=C(c1ccc(COc2ccccc2F)o1)N1CCO[C@H]2CCC[C@@H]21. The minimum atomic E-state index is -0.425. The third-order valence-corrected chi connectivity index (χ3v) is 4.82. The van der Waals surface area contributed by atoms with Crippen molar-refractivity contribution in [3.63, 3.8) is 0 Å². The molecule has 25 heavy (non-hydrogen) atoms. The number of fused-ring (bicyclic) bond motifs is 1. The summed E-state index contributed by atoms with van der Waals surface area (Å²) in [7, 11) is 0. The quantitative estimate of drug-likeness (QED) is 0.852. The third kappa shape index (κ3) is 3.26. The number of benzene rings is 1. The molecule has 6 heteroatoms. The molecule has 0 bridgehead atoms. The number of furan rings is 1. The molecule has 1 amide bonds. The van der Waals surface area contributed by atoms with Crippen LogP contribution in [0, 0.1) is 5.82 Å². The van der Waals surface area contributed by atoms with Crippen molar-refractivity contribution in [1.82, 2.24) is 4.90 Å². The zero-order chi connectivity index (χ0) is 17.2. The van der Waals surface area contributed by atoms with Crippen LogP contribution in [0.2, 0.25) is 0 Å². The first-order valence-corrected chi connectivity index (χ1v) is 8.61. The molecular formula is C19H20FNO4. The van der Waals surface area contributed by atoms with Crippen molar-refractivity contribution < 1.29 is 23.1 Å². The molecule has 2 aliphatic rings. The second-order valence-corrected chi connectivity index (χ2v) is 6.39. The number of nitrogens with zero attached hydrogens (tertiary/aromatic N) is 1. The average molecular weight is 345 g/mol. The fourth-order valence-corrected chi connectivity index (χ4v) is 3.60. The van der Waals surface area contributed by atoms with E-state index in [1.807, 2.05) is 4.90 Å². The fourth-order valence-electron chi connectivity index (χ4n) is 3.60. The summed E-state index contributed by atoms with van der Waals surface area (Å²) in [5, 5.41) is 0. The second kappa shape index (κ2) is 6.88. The van der Waals surface area contributed by atoms with E-state index in [-0.39, 0.29) is 30.4 Å². The normalized spacial score (nSPS) is 22.7. The van der Waals surface area contributed by atoms with Gasteiger partial charge in [-0.05, 0) is 43.5 Å². The summed E-state index contributed by atoms with van der Waals surface area (Å²) in [4.78, 5) is 14.6. The van der Waals surface area contributed by atoms with Gasteiger partial charge in [0.1, 0.15) is 12.4 Å². The summed E-state index contributed by atoms with van der Waals surface area (Å²) in [6.07, 6.45) is 3.21. The molecule has 1 aromatic carbocycles. The van der Waals surface area contributed by atoms with Crippen LogP contribution in [-0.2, 0) is 11.3 Å². The molecule has 4 rings (SSSR count). The Kier molecular flexibility index (Phi) is 4.44. The van der Waals surface area contributed by atoms with Gasteiger partial charge in [-0.2, -0.15) is 0 Å². The van der Waals surface area contributed by atoms with Gasteiger partial charge in [0.2, 0.25) is 0 Å². The summed E-state index contributed by atoms with van der Waals surface area (Å²) >= 11 is 0. The lowest BCUT2D eigenvalue weighted by Crippen LogP contribution is -2.51. The summed E-state index contributed by atoms with van der Waals surface area (Å²) in [5.41, 5.74) is 0. The first kappa shape index (κ1) is 16.1. The van der Waals surface area contributed by atoms with Crippen LogP contribution in [-0.4, -0.2) is 36.1 Å². The summed E-state index contributed by atoms with van der Waals surface area (Å²) in [6, 6.07) is 9.68. The van der Waals surface area contributed by atoms with E-state index in [9.17, 15) is 9.18 Å². The number of hydrogen-bond acceptors (Lipinski definition) is 4. The molecule has 0 spiro atoms. The Morgan fingerprint density at radius 2 is 2.12 bits per heavy atom. The van der Waals surface area contributed by atoms with Crippen molar-refractivity contribution in [1.29, 1.82) is 0 Å². The maximum Gasteiger partial charge on any atom is 0.289 e. The maximum atomic E-state index is 13.6.